The van der Waals surface area contributed by atoms with Crippen LogP contribution < -0.4 is 17.2 Å². The molecule has 5 N–H and O–H groups in total. The first-order chi connectivity index (χ1) is 12.0. The molecule has 1 heterocycles. The molecule has 0 saturated carbocycles. The van der Waals surface area contributed by atoms with Crippen molar-refractivity contribution in [3.63, 3.8) is 0 Å². The van der Waals surface area contributed by atoms with Gasteiger partial charge in [-0.25, -0.2) is 18.6 Å². The van der Waals surface area contributed by atoms with Crippen molar-refractivity contribution in [2.75, 3.05) is 0 Å². The van der Waals surface area contributed by atoms with Gasteiger partial charge in [0, 0.05) is 29.2 Å². The van der Waals surface area contributed by atoms with E-state index >= 15 is 0 Å². The van der Waals surface area contributed by atoms with E-state index in [1.54, 1.807) is 6.07 Å². The predicted octanol–water partition coefficient (Wildman–Crippen LogP) is 2.53. The first kappa shape index (κ1) is 16.9. The van der Waals surface area contributed by atoms with Gasteiger partial charge in [0.05, 0.1) is 5.56 Å². The number of nitrogens with two attached hydrogens (primary N) is 2. The topological polar surface area (TPSA) is 97.8 Å². The van der Waals surface area contributed by atoms with Gasteiger partial charge in [-0.05, 0) is 49.1 Å². The molecule has 5 nitrogen and oxygen atoms in total. The Bertz CT molecular complexity index is 897. The lowest BCUT2D eigenvalue weighted by molar-refractivity contribution is 0.575. The number of hydrogen-bond donors (Lipinski definition) is 3. The zero-order valence-corrected chi connectivity index (χ0v) is 13.4. The number of aromatic nitrogens is 2. The first-order valence-electron chi connectivity index (χ1n) is 7.92. The van der Waals surface area contributed by atoms with E-state index in [4.69, 9.17) is 11.5 Å². The monoisotopic (exact) mass is 344 g/mol. The lowest BCUT2D eigenvalue weighted by Gasteiger charge is -2.25. The van der Waals surface area contributed by atoms with Crippen molar-refractivity contribution in [1.29, 1.82) is 0 Å². The second kappa shape index (κ2) is 6.88. The number of nitrogens with zero attached hydrogens (tertiary/aromatic N) is 1. The Kier molecular flexibility index (Phi) is 4.65. The zero-order chi connectivity index (χ0) is 18.0. The highest BCUT2D eigenvalue weighted by Gasteiger charge is 2.23. The normalized spacial score (nSPS) is 18.5. The van der Waals surface area contributed by atoms with E-state index in [9.17, 15) is 13.6 Å². The van der Waals surface area contributed by atoms with E-state index in [0.29, 0.717) is 23.4 Å². The van der Waals surface area contributed by atoms with Crippen LogP contribution in [0.15, 0.2) is 52.6 Å². The van der Waals surface area contributed by atoms with Crippen LogP contribution >= 0.6 is 0 Å². The number of benzene rings is 1. The number of nitrogens with one attached hydrogen (secondary N) is 1. The summed E-state index contributed by atoms with van der Waals surface area (Å²) in [6.07, 6.45) is 5.16. The highest BCUT2D eigenvalue weighted by atomic mass is 19.1. The van der Waals surface area contributed by atoms with Crippen LogP contribution in [0.3, 0.4) is 0 Å². The van der Waals surface area contributed by atoms with Crippen LogP contribution in [0.5, 0.6) is 0 Å². The Morgan fingerprint density at radius 1 is 1.28 bits per heavy atom. The summed E-state index contributed by atoms with van der Waals surface area (Å²) in [5, 5.41) is 0. The van der Waals surface area contributed by atoms with Gasteiger partial charge < -0.3 is 16.5 Å². The van der Waals surface area contributed by atoms with Crippen molar-refractivity contribution in [2.45, 2.75) is 25.2 Å². The fourth-order valence-electron chi connectivity index (χ4n) is 3.12. The summed E-state index contributed by atoms with van der Waals surface area (Å²) in [5.74, 6) is -1.63. The lowest BCUT2D eigenvalue weighted by atomic mass is 9.84. The molecule has 1 aliphatic rings. The molecule has 1 atom stereocenters. The van der Waals surface area contributed by atoms with Crippen molar-refractivity contribution in [3.8, 4) is 0 Å². The van der Waals surface area contributed by atoms with Gasteiger partial charge in [-0.3, -0.25) is 0 Å². The molecule has 1 unspecified atom stereocenters. The molecule has 0 spiro atoms. The number of hydrogen-bond acceptors (Lipinski definition) is 4. The summed E-state index contributed by atoms with van der Waals surface area (Å²) in [5.41, 5.74) is 13.4. The maximum Gasteiger partial charge on any atom is 0.345 e. The summed E-state index contributed by atoms with van der Waals surface area (Å²) >= 11 is 0. The highest BCUT2D eigenvalue weighted by Crippen LogP contribution is 2.35. The third kappa shape index (κ3) is 3.45. The zero-order valence-electron chi connectivity index (χ0n) is 13.4. The molecule has 0 bridgehead atoms. The molecule has 1 aliphatic carbocycles. The van der Waals surface area contributed by atoms with Crippen LogP contribution in [0.4, 0.5) is 8.78 Å². The Morgan fingerprint density at radius 3 is 2.68 bits per heavy atom. The van der Waals surface area contributed by atoms with Gasteiger partial charge in [0.25, 0.3) is 0 Å². The Hall–Kier alpha value is -2.96. The van der Waals surface area contributed by atoms with Gasteiger partial charge in [0.2, 0.25) is 0 Å². The Balaban J connectivity index is 2.01. The van der Waals surface area contributed by atoms with E-state index in [1.165, 1.54) is 18.3 Å². The van der Waals surface area contributed by atoms with E-state index in [-0.39, 0.29) is 17.2 Å². The fourth-order valence-corrected chi connectivity index (χ4v) is 3.12. The minimum absolute atomic E-state index is 0.0163. The van der Waals surface area contributed by atoms with Crippen molar-refractivity contribution in [1.82, 2.24) is 9.97 Å². The van der Waals surface area contributed by atoms with Crippen molar-refractivity contribution in [3.05, 3.63) is 81.2 Å². The van der Waals surface area contributed by atoms with Gasteiger partial charge >= 0.3 is 5.69 Å². The predicted molar refractivity (Wildman–Crippen MR) is 91.2 cm³/mol. The van der Waals surface area contributed by atoms with Crippen molar-refractivity contribution < 1.29 is 8.78 Å². The summed E-state index contributed by atoms with van der Waals surface area (Å²) < 4.78 is 27.8. The minimum atomic E-state index is -0.723. The van der Waals surface area contributed by atoms with E-state index in [2.05, 4.69) is 9.97 Å². The quantitative estimate of drug-likeness (QED) is 0.797. The Morgan fingerprint density at radius 2 is 2.00 bits per heavy atom. The number of halogens is 2. The number of rotatable bonds is 3. The summed E-state index contributed by atoms with van der Waals surface area (Å²) in [4.78, 5) is 17.7. The third-order valence-electron chi connectivity index (χ3n) is 4.34. The molecule has 25 heavy (non-hydrogen) atoms. The molecule has 0 radical (unpaired) electrons. The van der Waals surface area contributed by atoms with Gasteiger partial charge in [0.15, 0.2) is 0 Å². The minimum Gasteiger partial charge on any atom is -0.401 e. The van der Waals surface area contributed by atoms with E-state index < -0.39 is 17.3 Å². The van der Waals surface area contributed by atoms with Crippen molar-refractivity contribution in [2.24, 2.45) is 11.5 Å². The fraction of sp³-hybridized carbons (Fsp3) is 0.222. The van der Waals surface area contributed by atoms with Gasteiger partial charge in [0.1, 0.15) is 11.6 Å². The molecule has 1 aromatic heterocycles. The summed E-state index contributed by atoms with van der Waals surface area (Å²) in [7, 11) is 0. The number of H-pyrrole nitrogens is 1. The SMILES string of the molecule is NC1=C(/C=C(\N)c2c(F)cccc2F)CCCC1c1ccnc(=O)[nH]1. The second-order valence-electron chi connectivity index (χ2n) is 5.95. The maximum atomic E-state index is 13.9. The molecular weight excluding hydrogens is 326 g/mol. The lowest BCUT2D eigenvalue weighted by Crippen LogP contribution is -2.21. The van der Waals surface area contributed by atoms with Gasteiger partial charge in [-0.15, -0.1) is 0 Å². The third-order valence-corrected chi connectivity index (χ3v) is 4.34. The van der Waals surface area contributed by atoms with E-state index in [0.717, 1.165) is 25.0 Å². The average Bonchev–Trinajstić information content (AvgIpc) is 2.56. The molecule has 0 saturated heterocycles. The van der Waals surface area contributed by atoms with E-state index in [1.807, 2.05) is 0 Å². The highest BCUT2D eigenvalue weighted by molar-refractivity contribution is 5.67. The number of aromatic amines is 1. The molecular formula is C18H18F2N4O. The molecule has 0 fully saturated rings. The molecule has 2 aromatic rings. The summed E-state index contributed by atoms with van der Waals surface area (Å²) in [6.45, 7) is 0. The van der Waals surface area contributed by atoms with Gasteiger partial charge in [-0.1, -0.05) is 6.07 Å². The van der Waals surface area contributed by atoms with Crippen LogP contribution in [0.25, 0.3) is 5.70 Å². The van der Waals surface area contributed by atoms with Crippen LogP contribution in [-0.2, 0) is 0 Å². The van der Waals surface area contributed by atoms with Crippen molar-refractivity contribution >= 4 is 5.70 Å². The van der Waals surface area contributed by atoms with Gasteiger partial charge in [-0.2, -0.15) is 0 Å². The average molecular weight is 344 g/mol. The molecule has 7 heteroatoms. The molecule has 0 amide bonds. The molecule has 3 rings (SSSR count). The van der Waals surface area contributed by atoms with Crippen LogP contribution in [0.1, 0.15) is 36.4 Å². The van der Waals surface area contributed by atoms with Crippen LogP contribution in [0, 0.1) is 11.6 Å². The molecule has 1 aromatic carbocycles. The second-order valence-corrected chi connectivity index (χ2v) is 5.95. The standard InChI is InChI=1S/C18H18F2N4O/c19-12-5-2-6-13(20)16(12)14(21)9-10-3-1-4-11(17(10)22)15-7-8-23-18(25)24-15/h2,5-9,11H,1,3-4,21-22H2,(H,23,24,25)/b14-9-. The van der Waals surface area contributed by atoms with Crippen LogP contribution in [0.2, 0.25) is 0 Å². The molecule has 0 aliphatic heterocycles. The largest absolute Gasteiger partial charge is 0.401 e. The smallest absolute Gasteiger partial charge is 0.345 e. The van der Waals surface area contributed by atoms with Crippen LogP contribution in [-0.4, -0.2) is 9.97 Å². The summed E-state index contributed by atoms with van der Waals surface area (Å²) in [6, 6.07) is 5.29. The maximum absolute atomic E-state index is 13.9. The first-order valence-corrected chi connectivity index (χ1v) is 7.92. The Labute approximate surface area is 143 Å². The number of allylic oxidation sites excluding steroid dienone is 3. The molecule has 130 valence electrons.